The summed E-state index contributed by atoms with van der Waals surface area (Å²) in [4.78, 5) is 7.82. The molecule has 1 heterocycles. The Balaban J connectivity index is 0.00000220. The Morgan fingerprint density at radius 3 is 2.71 bits per heavy atom. The van der Waals surface area contributed by atoms with Crippen molar-refractivity contribution in [2.45, 2.75) is 33.3 Å². The molecule has 1 aliphatic heterocycles. The summed E-state index contributed by atoms with van der Waals surface area (Å²) in [6.07, 6.45) is 0.942. The number of benzene rings is 1. The fourth-order valence-corrected chi connectivity index (χ4v) is 2.37. The van der Waals surface area contributed by atoms with Gasteiger partial charge in [0.2, 0.25) is 0 Å². The number of nitrogens with zero attached hydrogens (tertiary/aromatic N) is 2. The summed E-state index contributed by atoms with van der Waals surface area (Å²) in [6.45, 7) is 10.0. The molecule has 0 saturated heterocycles. The lowest BCUT2D eigenvalue weighted by atomic mass is 10.0. The number of hydrogen-bond acceptors (Lipinski definition) is 4. The van der Waals surface area contributed by atoms with Crippen LogP contribution in [0, 0.1) is 0 Å². The summed E-state index contributed by atoms with van der Waals surface area (Å²) < 4.78 is 5.80. The predicted octanol–water partition coefficient (Wildman–Crippen LogP) is 3.34. The van der Waals surface area contributed by atoms with Crippen molar-refractivity contribution < 1.29 is 9.57 Å². The number of rotatable bonds is 6. The van der Waals surface area contributed by atoms with Crippen molar-refractivity contribution in [3.63, 3.8) is 0 Å². The van der Waals surface area contributed by atoms with Gasteiger partial charge in [0, 0.05) is 18.5 Å². The molecule has 1 unspecified atom stereocenters. The van der Waals surface area contributed by atoms with E-state index in [2.05, 4.69) is 30.8 Å². The Bertz CT molecular complexity index is 461. The summed E-state index contributed by atoms with van der Waals surface area (Å²) in [5, 5.41) is 4.33. The van der Waals surface area contributed by atoms with Crippen LogP contribution in [-0.2, 0) is 4.84 Å². The van der Waals surface area contributed by atoms with E-state index < -0.39 is 0 Å². The lowest BCUT2D eigenvalue weighted by Gasteiger charge is -2.24. The van der Waals surface area contributed by atoms with Gasteiger partial charge in [-0.15, -0.1) is 12.4 Å². The molecule has 0 aromatic heterocycles. The fraction of sp³-hybridized carbons (Fsp3) is 0.562. The molecule has 1 atom stereocenters. The van der Waals surface area contributed by atoms with Gasteiger partial charge in [-0.1, -0.05) is 31.1 Å². The van der Waals surface area contributed by atoms with Crippen LogP contribution in [0.5, 0.6) is 5.75 Å². The van der Waals surface area contributed by atoms with Crippen molar-refractivity contribution in [1.82, 2.24) is 4.90 Å². The monoisotopic (exact) mass is 312 g/mol. The maximum absolute atomic E-state index is 5.80. The number of likely N-dealkylation sites (N-methyl/N-ethyl adjacent to an activating group) is 1. The number of fused-ring (bicyclic) bond motifs is 1. The van der Waals surface area contributed by atoms with Gasteiger partial charge in [0.05, 0.1) is 5.71 Å². The van der Waals surface area contributed by atoms with Crippen LogP contribution in [0.2, 0.25) is 0 Å². The summed E-state index contributed by atoms with van der Waals surface area (Å²) in [6, 6.07) is 8.00. The molecule has 0 bridgehead atoms. The van der Waals surface area contributed by atoms with Gasteiger partial charge in [-0.05, 0) is 32.1 Å². The second kappa shape index (κ2) is 8.90. The highest BCUT2D eigenvalue weighted by atomic mass is 35.5. The molecular formula is C16H25ClN2O2. The predicted molar refractivity (Wildman–Crippen MR) is 88.7 cm³/mol. The Morgan fingerprint density at radius 2 is 2.00 bits per heavy atom. The van der Waals surface area contributed by atoms with Crippen molar-refractivity contribution in [2.24, 2.45) is 5.16 Å². The fourth-order valence-electron chi connectivity index (χ4n) is 2.37. The van der Waals surface area contributed by atoms with Gasteiger partial charge >= 0.3 is 0 Å². The minimum atomic E-state index is 0. The number of hydrogen-bond donors (Lipinski definition) is 0. The zero-order chi connectivity index (χ0) is 14.4. The Kier molecular flexibility index (Phi) is 7.54. The van der Waals surface area contributed by atoms with Gasteiger partial charge in [0.25, 0.3) is 0 Å². The van der Waals surface area contributed by atoms with Gasteiger partial charge in [0.15, 0.2) is 0 Å². The molecule has 0 fully saturated rings. The van der Waals surface area contributed by atoms with E-state index in [1.807, 2.05) is 24.3 Å². The maximum Gasteiger partial charge on any atom is 0.129 e. The van der Waals surface area contributed by atoms with E-state index >= 15 is 0 Å². The minimum absolute atomic E-state index is 0. The highest BCUT2D eigenvalue weighted by molar-refractivity contribution is 6.03. The number of para-hydroxylation sites is 1. The smallest absolute Gasteiger partial charge is 0.129 e. The average Bonchev–Trinajstić information content (AvgIpc) is 2.47. The van der Waals surface area contributed by atoms with E-state index in [-0.39, 0.29) is 18.5 Å². The van der Waals surface area contributed by atoms with Crippen molar-refractivity contribution in [2.75, 3.05) is 26.2 Å². The molecule has 0 N–H and O–H groups in total. The molecule has 21 heavy (non-hydrogen) atoms. The molecule has 1 aromatic rings. The van der Waals surface area contributed by atoms with E-state index in [9.17, 15) is 0 Å². The minimum Gasteiger partial charge on any atom is -0.490 e. The zero-order valence-corrected chi connectivity index (χ0v) is 13.9. The molecule has 5 heteroatoms. The normalized spacial score (nSPS) is 18.9. The summed E-state index contributed by atoms with van der Waals surface area (Å²) in [7, 11) is 0. The van der Waals surface area contributed by atoms with Crippen molar-refractivity contribution in [1.29, 1.82) is 0 Å². The van der Waals surface area contributed by atoms with Gasteiger partial charge in [-0.25, -0.2) is 0 Å². The first-order valence-corrected chi connectivity index (χ1v) is 7.41. The van der Waals surface area contributed by atoms with Crippen LogP contribution in [0.1, 0.15) is 32.8 Å². The van der Waals surface area contributed by atoms with E-state index in [4.69, 9.17) is 9.57 Å². The quantitative estimate of drug-likeness (QED) is 0.597. The van der Waals surface area contributed by atoms with E-state index in [1.54, 1.807) is 0 Å². The Labute approximate surface area is 133 Å². The summed E-state index contributed by atoms with van der Waals surface area (Å²) in [5.74, 6) is 0.900. The van der Waals surface area contributed by atoms with Gasteiger partial charge < -0.3 is 14.5 Å². The third-order valence-electron chi connectivity index (χ3n) is 3.57. The Morgan fingerprint density at radius 1 is 1.29 bits per heavy atom. The Hall–Kier alpha value is -1.26. The lowest BCUT2D eigenvalue weighted by molar-refractivity contribution is 0.112. The molecule has 0 radical (unpaired) electrons. The van der Waals surface area contributed by atoms with Crippen LogP contribution in [0.4, 0.5) is 0 Å². The van der Waals surface area contributed by atoms with Gasteiger partial charge in [-0.2, -0.15) is 0 Å². The lowest BCUT2D eigenvalue weighted by Crippen LogP contribution is -2.27. The first kappa shape index (κ1) is 17.8. The van der Waals surface area contributed by atoms with Crippen LogP contribution < -0.4 is 4.74 Å². The summed E-state index contributed by atoms with van der Waals surface area (Å²) in [5.41, 5.74) is 2.03. The van der Waals surface area contributed by atoms with Crippen LogP contribution >= 0.6 is 12.4 Å². The first-order valence-electron chi connectivity index (χ1n) is 7.41. The number of halogens is 1. The maximum atomic E-state index is 5.80. The standard InChI is InChI=1S/C16H24N2O2.ClH/c1-4-18(5-2)10-11-19-17-15-12-13(3)20-16-9-7-6-8-14(15)16;/h6-9,13H,4-5,10-12H2,1-3H3;1H/b17-15+;. The van der Waals surface area contributed by atoms with Crippen molar-refractivity contribution in [3.05, 3.63) is 29.8 Å². The molecule has 0 amide bonds. The molecular weight excluding hydrogens is 288 g/mol. The molecule has 0 aliphatic carbocycles. The molecule has 118 valence electrons. The molecule has 1 aromatic carbocycles. The average molecular weight is 313 g/mol. The van der Waals surface area contributed by atoms with Gasteiger partial charge in [0.1, 0.15) is 18.5 Å². The van der Waals surface area contributed by atoms with Crippen molar-refractivity contribution in [3.8, 4) is 5.75 Å². The highest BCUT2D eigenvalue weighted by Crippen LogP contribution is 2.27. The second-order valence-electron chi connectivity index (χ2n) is 5.03. The van der Waals surface area contributed by atoms with Crippen LogP contribution in [0.3, 0.4) is 0 Å². The van der Waals surface area contributed by atoms with Gasteiger partial charge in [-0.3, -0.25) is 0 Å². The van der Waals surface area contributed by atoms with E-state index in [1.165, 1.54) is 0 Å². The molecule has 1 aliphatic rings. The van der Waals surface area contributed by atoms with Crippen LogP contribution in [-0.4, -0.2) is 43.0 Å². The second-order valence-corrected chi connectivity index (χ2v) is 5.03. The van der Waals surface area contributed by atoms with E-state index in [0.717, 1.165) is 43.1 Å². The number of oxime groups is 1. The van der Waals surface area contributed by atoms with E-state index in [0.29, 0.717) is 6.61 Å². The molecule has 0 saturated carbocycles. The molecule has 4 nitrogen and oxygen atoms in total. The summed E-state index contributed by atoms with van der Waals surface area (Å²) >= 11 is 0. The zero-order valence-electron chi connectivity index (χ0n) is 13.0. The first-order chi connectivity index (χ1) is 9.74. The number of ether oxygens (including phenoxy) is 1. The third-order valence-corrected chi connectivity index (χ3v) is 3.57. The van der Waals surface area contributed by atoms with Crippen molar-refractivity contribution >= 4 is 18.1 Å². The third kappa shape index (κ3) is 4.90. The topological polar surface area (TPSA) is 34.1 Å². The molecule has 2 rings (SSSR count). The van der Waals surface area contributed by atoms with Crippen LogP contribution in [0.15, 0.2) is 29.4 Å². The molecule has 0 spiro atoms. The van der Waals surface area contributed by atoms with Crippen LogP contribution in [0.25, 0.3) is 0 Å². The highest BCUT2D eigenvalue weighted by Gasteiger charge is 2.21. The largest absolute Gasteiger partial charge is 0.490 e. The SMILES string of the molecule is CCN(CC)CCO/N=C1\CC(C)Oc2ccccc21.Cl.